The lowest BCUT2D eigenvalue weighted by Crippen LogP contribution is -2.33. The van der Waals surface area contributed by atoms with E-state index in [0.29, 0.717) is 6.61 Å². The predicted octanol–water partition coefficient (Wildman–Crippen LogP) is 4.97. The van der Waals surface area contributed by atoms with Gasteiger partial charge < -0.3 is 19.1 Å². The molecule has 2 aliphatic heterocycles. The zero-order valence-electron chi connectivity index (χ0n) is 19.3. The SMILES string of the molecule is COc1ccc(-c2cc3c(c4c2OCC4)CC(C(C)(C)C)n2cc(C(=O)O)c(=O)cc2-3)cc1. The van der Waals surface area contributed by atoms with Crippen LogP contribution in [0.4, 0.5) is 0 Å². The Hall–Kier alpha value is -3.54. The summed E-state index contributed by atoms with van der Waals surface area (Å²) in [7, 11) is 1.64. The number of rotatable bonds is 3. The van der Waals surface area contributed by atoms with Crippen LogP contribution < -0.4 is 14.9 Å². The van der Waals surface area contributed by atoms with Crippen LogP contribution in [-0.4, -0.2) is 29.4 Å². The molecule has 5 rings (SSSR count). The minimum atomic E-state index is -1.20. The first-order valence-corrected chi connectivity index (χ1v) is 11.1. The number of benzene rings is 2. The van der Waals surface area contributed by atoms with E-state index in [1.165, 1.54) is 23.4 Å². The van der Waals surface area contributed by atoms with Crippen LogP contribution in [-0.2, 0) is 12.8 Å². The number of carboxylic acid groups (broad SMARTS) is 1. The molecule has 6 heteroatoms. The van der Waals surface area contributed by atoms with Crippen molar-refractivity contribution in [3.63, 3.8) is 0 Å². The molecule has 1 N–H and O–H groups in total. The van der Waals surface area contributed by atoms with E-state index in [-0.39, 0.29) is 17.0 Å². The number of hydrogen-bond acceptors (Lipinski definition) is 4. The zero-order valence-corrected chi connectivity index (χ0v) is 19.3. The summed E-state index contributed by atoms with van der Waals surface area (Å²) in [6.07, 6.45) is 3.09. The maximum absolute atomic E-state index is 12.7. The number of aromatic carboxylic acids is 1. The molecule has 0 fully saturated rings. The van der Waals surface area contributed by atoms with Crippen LogP contribution in [0.25, 0.3) is 22.4 Å². The first-order valence-electron chi connectivity index (χ1n) is 11.1. The fourth-order valence-corrected chi connectivity index (χ4v) is 5.09. The van der Waals surface area contributed by atoms with Gasteiger partial charge in [0.2, 0.25) is 0 Å². The molecule has 2 aliphatic rings. The van der Waals surface area contributed by atoms with Crippen LogP contribution in [0.15, 0.2) is 47.4 Å². The van der Waals surface area contributed by atoms with Crippen molar-refractivity contribution >= 4 is 5.97 Å². The van der Waals surface area contributed by atoms with E-state index in [1.807, 2.05) is 28.8 Å². The van der Waals surface area contributed by atoms with Crippen LogP contribution in [0.3, 0.4) is 0 Å². The van der Waals surface area contributed by atoms with E-state index in [4.69, 9.17) is 9.47 Å². The normalized spacial score (nSPS) is 16.4. The number of carboxylic acids is 1. The molecule has 0 bridgehead atoms. The first-order chi connectivity index (χ1) is 15.7. The third kappa shape index (κ3) is 3.41. The number of pyridine rings is 1. The molecular weight excluding hydrogens is 418 g/mol. The van der Waals surface area contributed by atoms with E-state index in [2.05, 4.69) is 26.8 Å². The predicted molar refractivity (Wildman–Crippen MR) is 126 cm³/mol. The second kappa shape index (κ2) is 7.51. The number of fused-ring (bicyclic) bond motifs is 5. The van der Waals surface area contributed by atoms with Gasteiger partial charge in [0.1, 0.15) is 17.1 Å². The van der Waals surface area contributed by atoms with Crippen molar-refractivity contribution in [2.75, 3.05) is 13.7 Å². The van der Waals surface area contributed by atoms with Gasteiger partial charge >= 0.3 is 5.97 Å². The lowest BCUT2D eigenvalue weighted by molar-refractivity contribution is 0.0693. The molecule has 6 nitrogen and oxygen atoms in total. The lowest BCUT2D eigenvalue weighted by Gasteiger charge is -2.39. The van der Waals surface area contributed by atoms with E-state index in [9.17, 15) is 14.7 Å². The fraction of sp³-hybridized carbons (Fsp3) is 0.333. The van der Waals surface area contributed by atoms with Gasteiger partial charge in [0.05, 0.1) is 19.4 Å². The highest BCUT2D eigenvalue weighted by Crippen LogP contribution is 2.49. The van der Waals surface area contributed by atoms with Crippen molar-refractivity contribution in [2.45, 2.75) is 39.7 Å². The van der Waals surface area contributed by atoms with Crippen molar-refractivity contribution in [3.05, 3.63) is 69.5 Å². The molecule has 3 heterocycles. The summed E-state index contributed by atoms with van der Waals surface area (Å²) < 4.78 is 13.4. The van der Waals surface area contributed by atoms with Crippen molar-refractivity contribution in [1.82, 2.24) is 4.57 Å². The Morgan fingerprint density at radius 2 is 1.85 bits per heavy atom. The summed E-state index contributed by atoms with van der Waals surface area (Å²) in [5.41, 5.74) is 5.28. The van der Waals surface area contributed by atoms with Gasteiger partial charge in [-0.3, -0.25) is 4.79 Å². The molecular formula is C27H27NO5. The Kier molecular flexibility index (Phi) is 4.85. The second-order valence-electron chi connectivity index (χ2n) is 9.82. The van der Waals surface area contributed by atoms with Gasteiger partial charge in [0, 0.05) is 41.4 Å². The molecule has 3 aromatic rings. The van der Waals surface area contributed by atoms with Crippen molar-refractivity contribution < 1.29 is 19.4 Å². The molecule has 1 aromatic heterocycles. The Bertz CT molecular complexity index is 1330. The fourth-order valence-electron chi connectivity index (χ4n) is 5.09. The molecule has 0 saturated carbocycles. The second-order valence-corrected chi connectivity index (χ2v) is 9.82. The highest BCUT2D eigenvalue weighted by Gasteiger charge is 2.36. The number of carbonyl (C=O) groups is 1. The number of ether oxygens (including phenoxy) is 2. The zero-order chi connectivity index (χ0) is 23.5. The number of nitrogens with zero attached hydrogens (tertiary/aromatic N) is 1. The Balaban J connectivity index is 1.79. The molecule has 33 heavy (non-hydrogen) atoms. The molecule has 1 atom stereocenters. The molecule has 0 amide bonds. The average Bonchev–Trinajstić information content (AvgIpc) is 3.27. The lowest BCUT2D eigenvalue weighted by atomic mass is 9.76. The minimum Gasteiger partial charge on any atom is -0.497 e. The third-order valence-electron chi connectivity index (χ3n) is 6.82. The van der Waals surface area contributed by atoms with Gasteiger partial charge in [-0.25, -0.2) is 4.79 Å². The van der Waals surface area contributed by atoms with Gasteiger partial charge in [-0.15, -0.1) is 0 Å². The average molecular weight is 446 g/mol. The molecule has 1 unspecified atom stereocenters. The van der Waals surface area contributed by atoms with E-state index in [0.717, 1.165) is 46.7 Å². The Morgan fingerprint density at radius 3 is 2.48 bits per heavy atom. The standard InChI is InChI=1S/C27H27NO5/c1-27(2,3)24-12-19-17-9-10-33-25(17)18(15-5-7-16(32-4)8-6-15)11-20(19)22-13-23(29)21(26(30)31)14-28(22)24/h5-8,11,13-14,24H,9-10,12H2,1-4H3,(H,30,31). The monoisotopic (exact) mass is 445 g/mol. The third-order valence-corrected chi connectivity index (χ3v) is 6.82. The molecule has 2 aromatic carbocycles. The first kappa shape index (κ1) is 21.3. The Morgan fingerprint density at radius 1 is 1.12 bits per heavy atom. The number of hydrogen-bond donors (Lipinski definition) is 1. The van der Waals surface area contributed by atoms with E-state index < -0.39 is 11.4 Å². The van der Waals surface area contributed by atoms with Crippen molar-refractivity contribution in [1.29, 1.82) is 0 Å². The largest absolute Gasteiger partial charge is 0.497 e. The Labute approximate surface area is 192 Å². The van der Waals surface area contributed by atoms with Crippen LogP contribution in [0.2, 0.25) is 0 Å². The van der Waals surface area contributed by atoms with Crippen LogP contribution in [0, 0.1) is 5.41 Å². The van der Waals surface area contributed by atoms with Crippen molar-refractivity contribution in [2.24, 2.45) is 5.41 Å². The highest BCUT2D eigenvalue weighted by atomic mass is 16.5. The van der Waals surface area contributed by atoms with E-state index >= 15 is 0 Å². The summed E-state index contributed by atoms with van der Waals surface area (Å²) in [4.78, 5) is 24.4. The quantitative estimate of drug-likeness (QED) is 0.616. The minimum absolute atomic E-state index is 0.00948. The summed E-state index contributed by atoms with van der Waals surface area (Å²) in [6, 6.07) is 11.4. The smallest absolute Gasteiger partial charge is 0.341 e. The van der Waals surface area contributed by atoms with Crippen LogP contribution in [0.5, 0.6) is 11.5 Å². The van der Waals surface area contributed by atoms with Crippen molar-refractivity contribution in [3.8, 4) is 33.9 Å². The number of methoxy groups -OCH3 is 1. The molecule has 0 saturated heterocycles. The molecule has 170 valence electrons. The van der Waals surface area contributed by atoms with Gasteiger partial charge in [-0.05, 0) is 41.2 Å². The molecule has 0 aliphatic carbocycles. The summed E-state index contributed by atoms with van der Waals surface area (Å²) >= 11 is 0. The van der Waals surface area contributed by atoms with Crippen LogP contribution in [0.1, 0.15) is 48.3 Å². The summed E-state index contributed by atoms with van der Waals surface area (Å²) in [6.45, 7) is 7.06. The molecule has 0 radical (unpaired) electrons. The van der Waals surface area contributed by atoms with Crippen LogP contribution >= 0.6 is 0 Å². The van der Waals surface area contributed by atoms with Gasteiger partial charge in [0.15, 0.2) is 5.43 Å². The number of aromatic nitrogens is 1. The maximum atomic E-state index is 12.7. The molecule has 0 spiro atoms. The highest BCUT2D eigenvalue weighted by molar-refractivity contribution is 5.88. The van der Waals surface area contributed by atoms with Gasteiger partial charge in [-0.2, -0.15) is 0 Å². The van der Waals surface area contributed by atoms with E-state index in [1.54, 1.807) is 7.11 Å². The topological polar surface area (TPSA) is 77.8 Å². The van der Waals surface area contributed by atoms with Gasteiger partial charge in [0.25, 0.3) is 0 Å². The maximum Gasteiger partial charge on any atom is 0.341 e. The summed E-state index contributed by atoms with van der Waals surface area (Å²) in [5.74, 6) is 0.486. The summed E-state index contributed by atoms with van der Waals surface area (Å²) in [5, 5.41) is 9.57. The van der Waals surface area contributed by atoms with Gasteiger partial charge in [-0.1, -0.05) is 32.9 Å².